The highest BCUT2D eigenvalue weighted by Crippen LogP contribution is 2.31. The van der Waals surface area contributed by atoms with E-state index >= 15 is 0 Å². The third-order valence-electron chi connectivity index (χ3n) is 2.08. The summed E-state index contributed by atoms with van der Waals surface area (Å²) in [4.78, 5) is 0. The second kappa shape index (κ2) is 5.22. The number of hydrogen-bond donors (Lipinski definition) is 0. The van der Waals surface area contributed by atoms with Crippen molar-refractivity contribution in [2.75, 3.05) is 0 Å². The average molecular weight is 309 g/mol. The molecule has 17 heavy (non-hydrogen) atoms. The van der Waals surface area contributed by atoms with Gasteiger partial charge in [0.25, 0.3) is 0 Å². The molecule has 0 aromatic heterocycles. The van der Waals surface area contributed by atoms with Crippen LogP contribution in [0.2, 0.25) is 5.02 Å². The van der Waals surface area contributed by atoms with Crippen molar-refractivity contribution in [1.82, 2.24) is 0 Å². The number of hydrogen-bond acceptors (Lipinski definition) is 2. The first kappa shape index (κ1) is 12.0. The minimum Gasteiger partial charge on any atom is -0.456 e. The van der Waals surface area contributed by atoms with Gasteiger partial charge in [-0.3, -0.25) is 0 Å². The lowest BCUT2D eigenvalue weighted by Gasteiger charge is -2.07. The summed E-state index contributed by atoms with van der Waals surface area (Å²) in [6.45, 7) is 0. The van der Waals surface area contributed by atoms with Crippen LogP contribution in [0.5, 0.6) is 11.5 Å². The lowest BCUT2D eigenvalue weighted by molar-refractivity contribution is 0.482. The fourth-order valence-corrected chi connectivity index (χ4v) is 2.03. The third-order valence-corrected chi connectivity index (χ3v) is 2.87. The van der Waals surface area contributed by atoms with Gasteiger partial charge >= 0.3 is 0 Å². The van der Waals surface area contributed by atoms with E-state index in [1.165, 1.54) is 0 Å². The topological polar surface area (TPSA) is 33.0 Å². The van der Waals surface area contributed by atoms with Gasteiger partial charge in [-0.25, -0.2) is 0 Å². The zero-order valence-electron chi connectivity index (χ0n) is 8.65. The Labute approximate surface area is 113 Å². The van der Waals surface area contributed by atoms with Crippen LogP contribution < -0.4 is 4.74 Å². The summed E-state index contributed by atoms with van der Waals surface area (Å²) in [6.07, 6.45) is 0. The summed E-state index contributed by atoms with van der Waals surface area (Å²) >= 11 is 9.35. The van der Waals surface area contributed by atoms with Gasteiger partial charge in [0.05, 0.1) is 16.7 Å². The van der Waals surface area contributed by atoms with Gasteiger partial charge in [-0.05, 0) is 36.4 Å². The fraction of sp³-hybridized carbons (Fsp3) is 0. The Hall–Kier alpha value is -1.50. The average Bonchev–Trinajstić information content (AvgIpc) is 2.33. The third kappa shape index (κ3) is 3.00. The molecule has 0 saturated heterocycles. The lowest BCUT2D eigenvalue weighted by atomic mass is 10.2. The SMILES string of the molecule is N#Cc1cccc(Oc2ccc(Br)cc2Cl)c1. The first-order valence-electron chi connectivity index (χ1n) is 4.82. The molecule has 0 N–H and O–H groups in total. The van der Waals surface area contributed by atoms with Crippen LogP contribution in [0.3, 0.4) is 0 Å². The number of halogens is 2. The van der Waals surface area contributed by atoms with E-state index in [1.54, 1.807) is 36.4 Å². The highest BCUT2D eigenvalue weighted by Gasteiger charge is 2.04. The predicted octanol–water partition coefficient (Wildman–Crippen LogP) is 4.77. The van der Waals surface area contributed by atoms with Crippen molar-refractivity contribution in [3.63, 3.8) is 0 Å². The van der Waals surface area contributed by atoms with Gasteiger partial charge in [0.15, 0.2) is 0 Å². The molecule has 0 aliphatic heterocycles. The molecular formula is C13H7BrClNO. The molecule has 0 unspecified atom stereocenters. The minimum atomic E-state index is 0.515. The van der Waals surface area contributed by atoms with Crippen LogP contribution >= 0.6 is 27.5 Å². The summed E-state index contributed by atoms with van der Waals surface area (Å²) in [7, 11) is 0. The fourth-order valence-electron chi connectivity index (χ4n) is 1.31. The summed E-state index contributed by atoms with van der Waals surface area (Å²) < 4.78 is 6.49. The van der Waals surface area contributed by atoms with Crippen LogP contribution in [-0.2, 0) is 0 Å². The van der Waals surface area contributed by atoms with Crippen LogP contribution in [0.1, 0.15) is 5.56 Å². The van der Waals surface area contributed by atoms with Crippen molar-refractivity contribution < 1.29 is 4.74 Å². The van der Waals surface area contributed by atoms with Crippen LogP contribution in [-0.4, -0.2) is 0 Å². The van der Waals surface area contributed by atoms with E-state index in [0.29, 0.717) is 22.1 Å². The van der Waals surface area contributed by atoms with Crippen molar-refractivity contribution in [2.24, 2.45) is 0 Å². The summed E-state index contributed by atoms with van der Waals surface area (Å²) in [5.41, 5.74) is 0.552. The minimum absolute atomic E-state index is 0.515. The molecule has 0 bridgehead atoms. The molecule has 0 atom stereocenters. The number of nitriles is 1. The molecule has 2 rings (SSSR count). The van der Waals surface area contributed by atoms with Gasteiger partial charge in [0, 0.05) is 4.47 Å². The summed E-state index contributed by atoms with van der Waals surface area (Å²) in [5.74, 6) is 1.15. The molecule has 0 aliphatic rings. The van der Waals surface area contributed by atoms with E-state index in [1.807, 2.05) is 6.07 Å². The van der Waals surface area contributed by atoms with Crippen LogP contribution in [0.15, 0.2) is 46.9 Å². The molecule has 2 aromatic rings. The van der Waals surface area contributed by atoms with Crippen molar-refractivity contribution in [3.05, 3.63) is 57.5 Å². The maximum atomic E-state index is 8.78. The van der Waals surface area contributed by atoms with Crippen LogP contribution in [0.25, 0.3) is 0 Å². The highest BCUT2D eigenvalue weighted by molar-refractivity contribution is 9.10. The molecule has 2 aromatic carbocycles. The molecule has 0 radical (unpaired) electrons. The van der Waals surface area contributed by atoms with Crippen molar-refractivity contribution in [2.45, 2.75) is 0 Å². The molecule has 4 heteroatoms. The van der Waals surface area contributed by atoms with Crippen LogP contribution in [0, 0.1) is 11.3 Å². The molecule has 84 valence electrons. The zero-order valence-corrected chi connectivity index (χ0v) is 11.0. The Balaban J connectivity index is 2.28. The standard InChI is InChI=1S/C13H7BrClNO/c14-10-4-5-13(12(15)7-10)17-11-3-1-2-9(6-11)8-16/h1-7H. The maximum absolute atomic E-state index is 8.78. The van der Waals surface area contributed by atoms with Gasteiger partial charge in [0.2, 0.25) is 0 Å². The monoisotopic (exact) mass is 307 g/mol. The van der Waals surface area contributed by atoms with Gasteiger partial charge in [0.1, 0.15) is 11.5 Å². The van der Waals surface area contributed by atoms with Crippen LogP contribution in [0.4, 0.5) is 0 Å². The zero-order chi connectivity index (χ0) is 12.3. The molecular weight excluding hydrogens is 302 g/mol. The largest absolute Gasteiger partial charge is 0.456 e. The van der Waals surface area contributed by atoms with E-state index in [9.17, 15) is 0 Å². The Morgan fingerprint density at radius 1 is 1.18 bits per heavy atom. The van der Waals surface area contributed by atoms with Gasteiger partial charge in [-0.15, -0.1) is 0 Å². The molecule has 0 fully saturated rings. The second-order valence-electron chi connectivity index (χ2n) is 3.32. The second-order valence-corrected chi connectivity index (χ2v) is 4.64. The molecule has 0 saturated carbocycles. The van der Waals surface area contributed by atoms with E-state index < -0.39 is 0 Å². The number of benzene rings is 2. The van der Waals surface area contributed by atoms with E-state index in [2.05, 4.69) is 22.0 Å². The van der Waals surface area contributed by atoms with Crippen molar-refractivity contribution in [1.29, 1.82) is 5.26 Å². The number of ether oxygens (including phenoxy) is 1. The maximum Gasteiger partial charge on any atom is 0.146 e. The molecule has 0 spiro atoms. The molecule has 0 heterocycles. The first-order chi connectivity index (χ1) is 8.19. The van der Waals surface area contributed by atoms with Gasteiger partial charge < -0.3 is 4.74 Å². The summed E-state index contributed by atoms with van der Waals surface area (Å²) in [5, 5.41) is 9.30. The normalized spacial score (nSPS) is 9.71. The molecule has 0 aliphatic carbocycles. The molecule has 2 nitrogen and oxygen atoms in total. The summed E-state index contributed by atoms with van der Waals surface area (Å²) in [6, 6.07) is 14.3. The van der Waals surface area contributed by atoms with Crippen molar-refractivity contribution >= 4 is 27.5 Å². The highest BCUT2D eigenvalue weighted by atomic mass is 79.9. The number of nitrogens with zero attached hydrogens (tertiary/aromatic N) is 1. The Kier molecular flexibility index (Phi) is 3.68. The first-order valence-corrected chi connectivity index (χ1v) is 5.99. The Morgan fingerprint density at radius 3 is 2.71 bits per heavy atom. The van der Waals surface area contributed by atoms with Crippen molar-refractivity contribution in [3.8, 4) is 17.6 Å². The van der Waals surface area contributed by atoms with E-state index in [4.69, 9.17) is 21.6 Å². The predicted molar refractivity (Wildman–Crippen MR) is 70.4 cm³/mol. The quantitative estimate of drug-likeness (QED) is 0.801. The lowest BCUT2D eigenvalue weighted by Crippen LogP contribution is -1.86. The Morgan fingerprint density at radius 2 is 2.00 bits per heavy atom. The smallest absolute Gasteiger partial charge is 0.146 e. The van der Waals surface area contributed by atoms with E-state index in [-0.39, 0.29) is 0 Å². The van der Waals surface area contributed by atoms with E-state index in [0.717, 1.165) is 4.47 Å². The molecule has 0 amide bonds. The van der Waals surface area contributed by atoms with Gasteiger partial charge in [-0.1, -0.05) is 33.6 Å². The number of rotatable bonds is 2. The Bertz CT molecular complexity index is 592. The van der Waals surface area contributed by atoms with Gasteiger partial charge in [-0.2, -0.15) is 5.26 Å².